The molecule has 3 aromatic rings. The molecule has 0 aromatic heterocycles. The third-order valence-corrected chi connectivity index (χ3v) is 4.32. The molecule has 24 heavy (non-hydrogen) atoms. The molecular formula is C22H16NP. The standard InChI is InChI=1S/C22H16NP/c1-16-13-19(11-12-21(16)15-23)20-10-9-18(22(24)14-20)8-7-17-5-3-2-4-6-17/h2-6,9-14H,24H2,1H3. The molecule has 1 unspecified atom stereocenters. The molecule has 2 heteroatoms. The van der Waals surface area contributed by atoms with E-state index in [1.165, 1.54) is 0 Å². The van der Waals surface area contributed by atoms with Gasteiger partial charge in [-0.1, -0.05) is 48.2 Å². The summed E-state index contributed by atoms with van der Waals surface area (Å²) in [4.78, 5) is 0. The van der Waals surface area contributed by atoms with E-state index < -0.39 is 0 Å². The van der Waals surface area contributed by atoms with Crippen molar-refractivity contribution in [2.75, 3.05) is 0 Å². The van der Waals surface area contributed by atoms with E-state index in [0.717, 1.165) is 38.7 Å². The van der Waals surface area contributed by atoms with Gasteiger partial charge in [0.1, 0.15) is 0 Å². The van der Waals surface area contributed by atoms with Crippen LogP contribution in [0.1, 0.15) is 22.3 Å². The normalized spacial score (nSPS) is 9.71. The first-order valence-corrected chi connectivity index (χ1v) is 8.23. The minimum Gasteiger partial charge on any atom is -0.192 e. The number of benzene rings is 3. The Balaban J connectivity index is 1.92. The number of nitrogens with zero attached hydrogens (tertiary/aromatic N) is 1. The van der Waals surface area contributed by atoms with Gasteiger partial charge in [-0.2, -0.15) is 5.26 Å². The molecule has 1 atom stereocenters. The molecule has 3 rings (SSSR count). The Labute approximate surface area is 145 Å². The van der Waals surface area contributed by atoms with E-state index in [4.69, 9.17) is 5.26 Å². The zero-order valence-electron chi connectivity index (χ0n) is 13.4. The number of nitriles is 1. The molecule has 0 saturated carbocycles. The highest BCUT2D eigenvalue weighted by Gasteiger charge is 2.04. The van der Waals surface area contributed by atoms with Crippen LogP contribution >= 0.6 is 9.24 Å². The summed E-state index contributed by atoms with van der Waals surface area (Å²) in [5, 5.41) is 10.1. The Hall–Kier alpha value is -2.86. The van der Waals surface area contributed by atoms with Crippen molar-refractivity contribution in [3.8, 4) is 29.0 Å². The monoisotopic (exact) mass is 325 g/mol. The SMILES string of the molecule is Cc1cc(-c2ccc(C#Cc3ccccc3)c(P)c2)ccc1C#N. The molecule has 0 radical (unpaired) electrons. The first kappa shape index (κ1) is 16.0. The Bertz CT molecular complexity index is 986. The molecule has 114 valence electrons. The van der Waals surface area contributed by atoms with Gasteiger partial charge in [0.05, 0.1) is 11.6 Å². The molecule has 1 nitrogen and oxygen atoms in total. The van der Waals surface area contributed by atoms with Crippen LogP contribution in [-0.2, 0) is 0 Å². The molecule has 0 heterocycles. The van der Waals surface area contributed by atoms with Crippen LogP contribution in [0.15, 0.2) is 66.7 Å². The van der Waals surface area contributed by atoms with Crippen molar-refractivity contribution in [3.05, 3.63) is 89.0 Å². The van der Waals surface area contributed by atoms with Gasteiger partial charge in [-0.05, 0) is 59.3 Å². The van der Waals surface area contributed by atoms with E-state index in [1.807, 2.05) is 61.5 Å². The van der Waals surface area contributed by atoms with Gasteiger partial charge in [0.25, 0.3) is 0 Å². The zero-order chi connectivity index (χ0) is 16.9. The summed E-state index contributed by atoms with van der Waals surface area (Å²) < 4.78 is 0. The molecular weight excluding hydrogens is 309 g/mol. The van der Waals surface area contributed by atoms with Crippen LogP contribution in [0.25, 0.3) is 11.1 Å². The fourth-order valence-electron chi connectivity index (χ4n) is 2.49. The summed E-state index contributed by atoms with van der Waals surface area (Å²) in [6.07, 6.45) is 0. The second kappa shape index (κ2) is 7.14. The molecule has 0 amide bonds. The van der Waals surface area contributed by atoms with Crippen LogP contribution in [0.3, 0.4) is 0 Å². The fourth-order valence-corrected chi connectivity index (χ4v) is 2.83. The summed E-state index contributed by atoms with van der Waals surface area (Å²) in [7, 11) is 2.76. The maximum Gasteiger partial charge on any atom is 0.0994 e. The van der Waals surface area contributed by atoms with Crippen molar-refractivity contribution in [2.24, 2.45) is 0 Å². The van der Waals surface area contributed by atoms with Crippen molar-refractivity contribution in [1.82, 2.24) is 0 Å². The highest BCUT2D eigenvalue weighted by molar-refractivity contribution is 7.27. The molecule has 0 fully saturated rings. The summed E-state index contributed by atoms with van der Waals surface area (Å²) in [5.41, 5.74) is 5.95. The molecule has 0 aliphatic rings. The molecule has 0 spiro atoms. The molecule has 0 bridgehead atoms. The predicted octanol–water partition coefficient (Wildman–Crippen LogP) is 4.43. The van der Waals surface area contributed by atoms with Crippen LogP contribution in [0, 0.1) is 30.1 Å². The van der Waals surface area contributed by atoms with Gasteiger partial charge >= 0.3 is 0 Å². The van der Waals surface area contributed by atoms with Crippen molar-refractivity contribution in [2.45, 2.75) is 6.92 Å². The second-order valence-corrected chi connectivity index (χ2v) is 6.18. The van der Waals surface area contributed by atoms with E-state index in [0.29, 0.717) is 0 Å². The summed E-state index contributed by atoms with van der Waals surface area (Å²) >= 11 is 0. The number of rotatable bonds is 1. The third-order valence-electron chi connectivity index (χ3n) is 3.85. The lowest BCUT2D eigenvalue weighted by molar-refractivity contribution is 1.39. The molecule has 3 aromatic carbocycles. The maximum atomic E-state index is 9.04. The Morgan fingerprint density at radius 1 is 0.792 bits per heavy atom. The number of aryl methyl sites for hydroxylation is 1. The maximum absolute atomic E-state index is 9.04. The van der Waals surface area contributed by atoms with Gasteiger partial charge in [0.2, 0.25) is 0 Å². The first-order chi connectivity index (χ1) is 11.7. The van der Waals surface area contributed by atoms with Gasteiger partial charge < -0.3 is 0 Å². The average molecular weight is 325 g/mol. The first-order valence-electron chi connectivity index (χ1n) is 7.65. The smallest absolute Gasteiger partial charge is 0.0994 e. The highest BCUT2D eigenvalue weighted by atomic mass is 31.0. The van der Waals surface area contributed by atoms with Gasteiger partial charge in [-0.3, -0.25) is 0 Å². The quantitative estimate of drug-likeness (QED) is 0.479. The van der Waals surface area contributed by atoms with Crippen molar-refractivity contribution >= 4 is 14.5 Å². The van der Waals surface area contributed by atoms with Gasteiger partial charge in [-0.25, -0.2) is 0 Å². The minimum absolute atomic E-state index is 0.718. The lowest BCUT2D eigenvalue weighted by atomic mass is 9.99. The molecule has 0 N–H and O–H groups in total. The van der Waals surface area contributed by atoms with E-state index in [1.54, 1.807) is 0 Å². The summed E-state index contributed by atoms with van der Waals surface area (Å²) in [5.74, 6) is 6.41. The molecule has 0 aliphatic carbocycles. The number of hydrogen-bond donors (Lipinski definition) is 0. The van der Waals surface area contributed by atoms with Crippen LogP contribution in [0.5, 0.6) is 0 Å². The van der Waals surface area contributed by atoms with Gasteiger partial charge in [0, 0.05) is 11.1 Å². The van der Waals surface area contributed by atoms with Crippen LogP contribution < -0.4 is 5.30 Å². The van der Waals surface area contributed by atoms with Crippen molar-refractivity contribution in [3.63, 3.8) is 0 Å². The van der Waals surface area contributed by atoms with E-state index in [9.17, 15) is 0 Å². The molecule has 0 aliphatic heterocycles. The van der Waals surface area contributed by atoms with E-state index in [2.05, 4.69) is 39.3 Å². The molecule has 0 saturated heterocycles. The van der Waals surface area contributed by atoms with Crippen LogP contribution in [0.2, 0.25) is 0 Å². The van der Waals surface area contributed by atoms with Crippen molar-refractivity contribution in [1.29, 1.82) is 5.26 Å². The van der Waals surface area contributed by atoms with Gasteiger partial charge in [-0.15, -0.1) is 9.24 Å². The van der Waals surface area contributed by atoms with Crippen LogP contribution in [0.4, 0.5) is 0 Å². The lowest BCUT2D eigenvalue weighted by Gasteiger charge is -2.07. The van der Waals surface area contributed by atoms with E-state index in [-0.39, 0.29) is 0 Å². The topological polar surface area (TPSA) is 23.8 Å². The third kappa shape index (κ3) is 3.55. The highest BCUT2D eigenvalue weighted by Crippen LogP contribution is 2.22. The Kier molecular flexibility index (Phi) is 4.77. The van der Waals surface area contributed by atoms with Crippen LogP contribution in [-0.4, -0.2) is 0 Å². The minimum atomic E-state index is 0.718. The largest absolute Gasteiger partial charge is 0.192 e. The summed E-state index contributed by atoms with van der Waals surface area (Å²) in [6, 6.07) is 24.3. The van der Waals surface area contributed by atoms with Gasteiger partial charge in [0.15, 0.2) is 0 Å². The zero-order valence-corrected chi connectivity index (χ0v) is 14.5. The average Bonchev–Trinajstić information content (AvgIpc) is 2.61. The Morgan fingerprint density at radius 2 is 1.46 bits per heavy atom. The van der Waals surface area contributed by atoms with Crippen molar-refractivity contribution < 1.29 is 0 Å². The number of hydrogen-bond acceptors (Lipinski definition) is 1. The lowest BCUT2D eigenvalue weighted by Crippen LogP contribution is -1.98. The predicted molar refractivity (Wildman–Crippen MR) is 103 cm³/mol. The second-order valence-electron chi connectivity index (χ2n) is 5.56. The fraction of sp³-hybridized carbons (Fsp3) is 0.0455. The van der Waals surface area contributed by atoms with E-state index >= 15 is 0 Å². The summed E-state index contributed by atoms with van der Waals surface area (Å²) in [6.45, 7) is 1.96. The Morgan fingerprint density at radius 3 is 2.08 bits per heavy atom.